The Morgan fingerprint density at radius 2 is 1.89 bits per heavy atom. The number of hydrogen-bond acceptors (Lipinski definition) is 5. The molecule has 27 heavy (non-hydrogen) atoms. The Labute approximate surface area is 176 Å². The standard InChI is InChI=1S/C20H18BrNO3S2/c1-11-5-6-15(12(2)7-11)22-19(23)17(27-20(22)26)10-13-8-14(21)18(25-4)16(9-13)24-3/h5-10H,1-4H3/b17-10-. The lowest BCUT2D eigenvalue weighted by molar-refractivity contribution is -0.113. The number of rotatable bonds is 4. The molecule has 7 heteroatoms. The van der Waals surface area contributed by atoms with Crippen LogP contribution in [0.3, 0.4) is 0 Å². The summed E-state index contributed by atoms with van der Waals surface area (Å²) in [5.74, 6) is 1.07. The highest BCUT2D eigenvalue weighted by molar-refractivity contribution is 9.10. The number of methoxy groups -OCH3 is 2. The smallest absolute Gasteiger partial charge is 0.270 e. The number of thioether (sulfide) groups is 1. The van der Waals surface area contributed by atoms with Crippen LogP contribution in [-0.2, 0) is 4.79 Å². The number of thiocarbonyl (C=S) groups is 1. The van der Waals surface area contributed by atoms with Crippen molar-refractivity contribution >= 4 is 61.9 Å². The van der Waals surface area contributed by atoms with E-state index in [1.165, 1.54) is 11.8 Å². The molecule has 1 heterocycles. The average Bonchev–Trinajstić information content (AvgIpc) is 2.88. The maximum absolute atomic E-state index is 13.0. The lowest BCUT2D eigenvalue weighted by Gasteiger charge is -2.17. The molecule has 0 unspecified atom stereocenters. The fourth-order valence-electron chi connectivity index (χ4n) is 2.90. The van der Waals surface area contributed by atoms with Gasteiger partial charge < -0.3 is 9.47 Å². The molecule has 1 amide bonds. The van der Waals surface area contributed by atoms with Crippen LogP contribution < -0.4 is 14.4 Å². The highest BCUT2D eigenvalue weighted by Crippen LogP contribution is 2.40. The Kier molecular flexibility index (Phi) is 5.93. The minimum absolute atomic E-state index is 0.122. The van der Waals surface area contributed by atoms with E-state index in [2.05, 4.69) is 15.9 Å². The van der Waals surface area contributed by atoms with Crippen LogP contribution in [0.2, 0.25) is 0 Å². The first kappa shape index (κ1) is 19.9. The molecule has 1 aliphatic rings. The Bertz CT molecular complexity index is 972. The third-order valence-corrected chi connectivity index (χ3v) is 6.03. The summed E-state index contributed by atoms with van der Waals surface area (Å²) >= 11 is 10.2. The first-order chi connectivity index (χ1) is 12.8. The number of halogens is 1. The summed E-state index contributed by atoms with van der Waals surface area (Å²) in [5.41, 5.74) is 3.80. The fraction of sp³-hybridized carbons (Fsp3) is 0.200. The summed E-state index contributed by atoms with van der Waals surface area (Å²) < 4.78 is 12.0. The molecule has 0 saturated carbocycles. The van der Waals surface area contributed by atoms with Crippen molar-refractivity contribution in [3.05, 3.63) is 56.4 Å². The Morgan fingerprint density at radius 3 is 2.52 bits per heavy atom. The first-order valence-corrected chi connectivity index (χ1v) is 10.1. The zero-order valence-electron chi connectivity index (χ0n) is 15.3. The van der Waals surface area contributed by atoms with Crippen molar-refractivity contribution in [2.24, 2.45) is 0 Å². The quantitative estimate of drug-likeness (QED) is 0.442. The third kappa shape index (κ3) is 3.90. The fourth-order valence-corrected chi connectivity index (χ4v) is 4.81. The second kappa shape index (κ2) is 8.04. The Morgan fingerprint density at radius 1 is 1.15 bits per heavy atom. The molecule has 2 aromatic rings. The van der Waals surface area contributed by atoms with Gasteiger partial charge in [0.25, 0.3) is 5.91 Å². The first-order valence-electron chi connectivity index (χ1n) is 8.12. The van der Waals surface area contributed by atoms with Crippen LogP contribution in [0.4, 0.5) is 5.69 Å². The summed E-state index contributed by atoms with van der Waals surface area (Å²) in [7, 11) is 3.16. The lowest BCUT2D eigenvalue weighted by atomic mass is 10.1. The molecule has 0 aromatic heterocycles. The van der Waals surface area contributed by atoms with Crippen molar-refractivity contribution in [1.29, 1.82) is 0 Å². The van der Waals surface area contributed by atoms with Crippen LogP contribution in [0.15, 0.2) is 39.7 Å². The summed E-state index contributed by atoms with van der Waals surface area (Å²) in [6.07, 6.45) is 1.82. The van der Waals surface area contributed by atoms with Gasteiger partial charge in [-0.1, -0.05) is 41.7 Å². The maximum atomic E-state index is 13.0. The van der Waals surface area contributed by atoms with E-state index in [0.29, 0.717) is 20.7 Å². The number of amides is 1. The number of carbonyl (C=O) groups excluding carboxylic acids is 1. The van der Waals surface area contributed by atoms with E-state index in [1.54, 1.807) is 19.1 Å². The van der Waals surface area contributed by atoms with E-state index in [0.717, 1.165) is 26.9 Å². The van der Waals surface area contributed by atoms with Crippen LogP contribution >= 0.6 is 39.9 Å². The number of hydrogen-bond donors (Lipinski definition) is 0. The van der Waals surface area contributed by atoms with E-state index >= 15 is 0 Å². The topological polar surface area (TPSA) is 38.8 Å². The van der Waals surface area contributed by atoms with Crippen LogP contribution in [-0.4, -0.2) is 24.4 Å². The minimum atomic E-state index is -0.122. The molecule has 1 saturated heterocycles. The van der Waals surface area contributed by atoms with E-state index < -0.39 is 0 Å². The van der Waals surface area contributed by atoms with Gasteiger partial charge in [0, 0.05) is 0 Å². The zero-order chi connectivity index (χ0) is 19.7. The molecule has 1 aliphatic heterocycles. The Hall–Kier alpha value is -1.83. The highest BCUT2D eigenvalue weighted by atomic mass is 79.9. The van der Waals surface area contributed by atoms with E-state index in [1.807, 2.05) is 50.3 Å². The summed E-state index contributed by atoms with van der Waals surface area (Å²) in [4.78, 5) is 15.2. The van der Waals surface area contributed by atoms with Crippen molar-refractivity contribution in [2.75, 3.05) is 19.1 Å². The van der Waals surface area contributed by atoms with Crippen molar-refractivity contribution in [3.8, 4) is 11.5 Å². The molecule has 2 aromatic carbocycles. The van der Waals surface area contributed by atoms with Gasteiger partial charge >= 0.3 is 0 Å². The zero-order valence-corrected chi connectivity index (χ0v) is 18.5. The van der Waals surface area contributed by atoms with Gasteiger partial charge in [0.15, 0.2) is 15.8 Å². The second-order valence-corrected chi connectivity index (χ2v) is 8.58. The molecule has 3 rings (SSSR count). The van der Waals surface area contributed by atoms with Crippen molar-refractivity contribution < 1.29 is 14.3 Å². The van der Waals surface area contributed by atoms with Gasteiger partial charge in [-0.3, -0.25) is 9.69 Å². The van der Waals surface area contributed by atoms with Crippen LogP contribution in [0.1, 0.15) is 16.7 Å². The van der Waals surface area contributed by atoms with Crippen LogP contribution in [0, 0.1) is 13.8 Å². The maximum Gasteiger partial charge on any atom is 0.270 e. The monoisotopic (exact) mass is 463 g/mol. The SMILES string of the molecule is COc1cc(/C=C2\SC(=S)N(c3ccc(C)cc3C)C2=O)cc(Br)c1OC. The number of ether oxygens (including phenoxy) is 2. The molecule has 0 radical (unpaired) electrons. The van der Waals surface area contributed by atoms with Gasteiger partial charge in [0.2, 0.25) is 0 Å². The largest absolute Gasteiger partial charge is 0.493 e. The molecular weight excluding hydrogens is 446 g/mol. The van der Waals surface area contributed by atoms with Gasteiger partial charge in [0.1, 0.15) is 0 Å². The minimum Gasteiger partial charge on any atom is -0.493 e. The normalized spacial score (nSPS) is 15.6. The molecule has 0 aliphatic carbocycles. The molecule has 0 bridgehead atoms. The van der Waals surface area contributed by atoms with E-state index in [-0.39, 0.29) is 5.91 Å². The summed E-state index contributed by atoms with van der Waals surface area (Å²) in [5, 5.41) is 0. The van der Waals surface area contributed by atoms with Gasteiger partial charge in [-0.15, -0.1) is 0 Å². The molecular formula is C20H18BrNO3S2. The van der Waals surface area contributed by atoms with Gasteiger partial charge in [0.05, 0.1) is 29.3 Å². The second-order valence-electron chi connectivity index (χ2n) is 6.05. The predicted molar refractivity (Wildman–Crippen MR) is 119 cm³/mol. The van der Waals surface area contributed by atoms with E-state index in [4.69, 9.17) is 21.7 Å². The molecule has 0 spiro atoms. The number of nitrogens with zero attached hydrogens (tertiary/aromatic N) is 1. The predicted octanol–water partition coefficient (Wildman–Crippen LogP) is 5.49. The van der Waals surface area contributed by atoms with Crippen molar-refractivity contribution in [3.63, 3.8) is 0 Å². The molecule has 1 fully saturated rings. The summed E-state index contributed by atoms with van der Waals surface area (Å²) in [6.45, 7) is 4.01. The highest BCUT2D eigenvalue weighted by Gasteiger charge is 2.34. The summed E-state index contributed by atoms with van der Waals surface area (Å²) in [6, 6.07) is 9.67. The Balaban J connectivity index is 1.98. The van der Waals surface area contributed by atoms with Gasteiger partial charge in [-0.25, -0.2) is 0 Å². The van der Waals surface area contributed by atoms with Crippen LogP contribution in [0.5, 0.6) is 11.5 Å². The molecule has 140 valence electrons. The molecule has 4 nitrogen and oxygen atoms in total. The number of anilines is 1. The van der Waals surface area contributed by atoms with Gasteiger partial charge in [-0.2, -0.15) is 0 Å². The average molecular weight is 464 g/mol. The van der Waals surface area contributed by atoms with Crippen molar-refractivity contribution in [1.82, 2.24) is 0 Å². The van der Waals surface area contributed by atoms with Crippen LogP contribution in [0.25, 0.3) is 6.08 Å². The molecule has 0 atom stereocenters. The van der Waals surface area contributed by atoms with Crippen molar-refractivity contribution in [2.45, 2.75) is 13.8 Å². The van der Waals surface area contributed by atoms with E-state index in [9.17, 15) is 4.79 Å². The third-order valence-electron chi connectivity index (χ3n) is 4.14. The number of benzene rings is 2. The van der Waals surface area contributed by atoms with Gasteiger partial charge in [-0.05, 0) is 65.2 Å². The number of carbonyl (C=O) groups is 1. The molecule has 0 N–H and O–H groups in total. The lowest BCUT2D eigenvalue weighted by Crippen LogP contribution is -2.28. The number of aryl methyl sites for hydroxylation is 2.